The van der Waals surface area contributed by atoms with E-state index < -0.39 is 0 Å². The van der Waals surface area contributed by atoms with E-state index >= 15 is 0 Å². The molecule has 0 saturated carbocycles. The van der Waals surface area contributed by atoms with E-state index in [1.165, 1.54) is 65.0 Å². The van der Waals surface area contributed by atoms with E-state index in [9.17, 15) is 0 Å². The van der Waals surface area contributed by atoms with Crippen LogP contribution in [0.15, 0.2) is 0 Å². The molecule has 18 heavy (non-hydrogen) atoms. The molecule has 0 radical (unpaired) electrons. The summed E-state index contributed by atoms with van der Waals surface area (Å²) in [6.45, 7) is 7.62. The van der Waals surface area contributed by atoms with Gasteiger partial charge in [0.05, 0.1) is 0 Å². The van der Waals surface area contributed by atoms with E-state index in [1.54, 1.807) is 0 Å². The van der Waals surface area contributed by atoms with Crippen LogP contribution in [0.4, 0.5) is 0 Å². The highest BCUT2D eigenvalue weighted by Crippen LogP contribution is 2.24. The number of hydrogen-bond donors (Lipinski definition) is 1. The molecule has 104 valence electrons. The number of nitrogens with two attached hydrogens (primary N) is 1. The third-order valence-corrected chi connectivity index (χ3v) is 5.17. The average Bonchev–Trinajstić information content (AvgIpc) is 2.98. The Bertz CT molecular complexity index is 275. The first-order valence-electron chi connectivity index (χ1n) is 7.64. The number of rotatable bonds is 2. The zero-order valence-corrected chi connectivity index (χ0v) is 11.7. The van der Waals surface area contributed by atoms with Crippen molar-refractivity contribution in [1.82, 2.24) is 14.7 Å². The molecule has 0 bridgehead atoms. The van der Waals surface area contributed by atoms with Gasteiger partial charge in [0, 0.05) is 37.8 Å². The van der Waals surface area contributed by atoms with Crippen molar-refractivity contribution in [3.63, 3.8) is 0 Å². The molecule has 3 heterocycles. The summed E-state index contributed by atoms with van der Waals surface area (Å²) in [7, 11) is 2.25. The minimum absolute atomic E-state index is 0.460. The lowest BCUT2D eigenvalue weighted by Crippen LogP contribution is -2.46. The van der Waals surface area contributed by atoms with Gasteiger partial charge in [0.25, 0.3) is 0 Å². The maximum Gasteiger partial charge on any atom is 0.0235 e. The van der Waals surface area contributed by atoms with E-state index in [0.29, 0.717) is 6.04 Å². The molecule has 2 unspecified atom stereocenters. The molecule has 4 nitrogen and oxygen atoms in total. The second-order valence-electron chi connectivity index (χ2n) is 6.52. The summed E-state index contributed by atoms with van der Waals surface area (Å²) in [5, 5.41) is 0. The second-order valence-corrected chi connectivity index (χ2v) is 6.52. The monoisotopic (exact) mass is 252 g/mol. The molecule has 0 aromatic carbocycles. The third kappa shape index (κ3) is 2.72. The number of nitrogens with zero attached hydrogens (tertiary/aromatic N) is 3. The highest BCUT2D eigenvalue weighted by Gasteiger charge is 2.34. The van der Waals surface area contributed by atoms with Crippen molar-refractivity contribution in [3.8, 4) is 0 Å². The summed E-state index contributed by atoms with van der Waals surface area (Å²) in [4.78, 5) is 7.91. The van der Waals surface area contributed by atoms with Crippen LogP contribution in [-0.4, -0.2) is 79.1 Å². The Hall–Kier alpha value is -0.160. The van der Waals surface area contributed by atoms with Crippen LogP contribution in [0, 0.1) is 0 Å². The smallest absolute Gasteiger partial charge is 0.0235 e. The quantitative estimate of drug-likeness (QED) is 0.761. The van der Waals surface area contributed by atoms with E-state index in [1.807, 2.05) is 0 Å². The van der Waals surface area contributed by atoms with Gasteiger partial charge >= 0.3 is 0 Å². The summed E-state index contributed by atoms with van der Waals surface area (Å²) in [6, 6.07) is 2.10. The van der Waals surface area contributed by atoms with Crippen LogP contribution in [0.2, 0.25) is 0 Å². The van der Waals surface area contributed by atoms with E-state index in [4.69, 9.17) is 5.73 Å². The Kier molecular flexibility index (Phi) is 3.89. The van der Waals surface area contributed by atoms with Crippen molar-refractivity contribution >= 4 is 0 Å². The van der Waals surface area contributed by atoms with Gasteiger partial charge in [-0.1, -0.05) is 0 Å². The first kappa shape index (κ1) is 12.9. The first-order valence-corrected chi connectivity index (χ1v) is 7.64. The Labute approximate surface area is 111 Å². The maximum absolute atomic E-state index is 6.00. The SMILES string of the molecule is CN1CCC(N2CCC(N3CCC(N)CC3)C2)C1. The minimum Gasteiger partial charge on any atom is -0.328 e. The highest BCUT2D eigenvalue weighted by atomic mass is 15.3. The largest absolute Gasteiger partial charge is 0.328 e. The number of likely N-dealkylation sites (tertiary alicyclic amines) is 3. The summed E-state index contributed by atoms with van der Waals surface area (Å²) in [5.41, 5.74) is 6.00. The Morgan fingerprint density at radius 1 is 0.778 bits per heavy atom. The zero-order valence-electron chi connectivity index (χ0n) is 11.7. The van der Waals surface area contributed by atoms with E-state index in [2.05, 4.69) is 21.7 Å². The fourth-order valence-electron chi connectivity index (χ4n) is 3.89. The average molecular weight is 252 g/mol. The van der Waals surface area contributed by atoms with Gasteiger partial charge in [0.2, 0.25) is 0 Å². The number of likely N-dealkylation sites (N-methyl/N-ethyl adjacent to an activating group) is 1. The van der Waals surface area contributed by atoms with Gasteiger partial charge in [-0.15, -0.1) is 0 Å². The molecular formula is C14H28N4. The van der Waals surface area contributed by atoms with Gasteiger partial charge in [0.1, 0.15) is 0 Å². The van der Waals surface area contributed by atoms with E-state index in [-0.39, 0.29) is 0 Å². The van der Waals surface area contributed by atoms with Crippen LogP contribution in [-0.2, 0) is 0 Å². The third-order valence-electron chi connectivity index (χ3n) is 5.17. The molecule has 0 spiro atoms. The molecule has 0 aromatic heterocycles. The number of piperidine rings is 1. The molecule has 2 atom stereocenters. The van der Waals surface area contributed by atoms with Crippen molar-refractivity contribution in [2.45, 2.75) is 43.8 Å². The maximum atomic E-state index is 6.00. The van der Waals surface area contributed by atoms with Crippen LogP contribution in [0.5, 0.6) is 0 Å². The van der Waals surface area contributed by atoms with E-state index in [0.717, 1.165) is 12.1 Å². The van der Waals surface area contributed by atoms with Gasteiger partial charge in [-0.2, -0.15) is 0 Å². The van der Waals surface area contributed by atoms with Crippen LogP contribution in [0.25, 0.3) is 0 Å². The second kappa shape index (κ2) is 5.45. The Morgan fingerprint density at radius 3 is 2.06 bits per heavy atom. The lowest BCUT2D eigenvalue weighted by molar-refractivity contribution is 0.144. The first-order chi connectivity index (χ1) is 8.72. The van der Waals surface area contributed by atoms with Crippen molar-refractivity contribution < 1.29 is 0 Å². The van der Waals surface area contributed by atoms with Gasteiger partial charge in [0.15, 0.2) is 0 Å². The summed E-state index contributed by atoms with van der Waals surface area (Å²) in [5.74, 6) is 0. The van der Waals surface area contributed by atoms with Gasteiger partial charge in [-0.05, 0) is 52.4 Å². The zero-order chi connectivity index (χ0) is 12.5. The van der Waals surface area contributed by atoms with Crippen molar-refractivity contribution in [2.24, 2.45) is 5.73 Å². The van der Waals surface area contributed by atoms with Crippen LogP contribution in [0.1, 0.15) is 25.7 Å². The predicted molar refractivity (Wildman–Crippen MR) is 74.7 cm³/mol. The fraction of sp³-hybridized carbons (Fsp3) is 1.00. The predicted octanol–water partition coefficient (Wildman–Crippen LogP) is 0.188. The summed E-state index contributed by atoms with van der Waals surface area (Å²) in [6.07, 6.45) is 5.13. The molecule has 3 saturated heterocycles. The molecule has 3 rings (SSSR count). The molecule has 3 aliphatic heterocycles. The normalized spacial score (nSPS) is 37.7. The lowest BCUT2D eigenvalue weighted by Gasteiger charge is -2.35. The van der Waals surface area contributed by atoms with Crippen molar-refractivity contribution in [1.29, 1.82) is 0 Å². The summed E-state index contributed by atoms with van der Waals surface area (Å²) >= 11 is 0. The highest BCUT2D eigenvalue weighted by molar-refractivity contribution is 4.92. The number of hydrogen-bond acceptors (Lipinski definition) is 4. The molecule has 0 amide bonds. The fourth-order valence-corrected chi connectivity index (χ4v) is 3.89. The van der Waals surface area contributed by atoms with Gasteiger partial charge in [-0.25, -0.2) is 0 Å². The molecule has 3 fully saturated rings. The van der Waals surface area contributed by atoms with Crippen LogP contribution < -0.4 is 5.73 Å². The minimum atomic E-state index is 0.460. The standard InChI is InChI=1S/C14H28N4/c1-16-6-4-13(10-16)18-9-5-14(11-18)17-7-2-12(15)3-8-17/h12-14H,2-11,15H2,1H3. The topological polar surface area (TPSA) is 35.7 Å². The molecular weight excluding hydrogens is 224 g/mol. The van der Waals surface area contributed by atoms with Crippen LogP contribution >= 0.6 is 0 Å². The summed E-state index contributed by atoms with van der Waals surface area (Å²) < 4.78 is 0. The Balaban J connectivity index is 1.49. The molecule has 0 aliphatic carbocycles. The van der Waals surface area contributed by atoms with Gasteiger partial charge < -0.3 is 10.6 Å². The molecule has 4 heteroatoms. The van der Waals surface area contributed by atoms with Gasteiger partial charge in [-0.3, -0.25) is 9.80 Å². The molecule has 0 aromatic rings. The Morgan fingerprint density at radius 2 is 1.39 bits per heavy atom. The van der Waals surface area contributed by atoms with Crippen molar-refractivity contribution in [3.05, 3.63) is 0 Å². The molecule has 2 N–H and O–H groups in total. The molecule has 3 aliphatic rings. The van der Waals surface area contributed by atoms with Crippen molar-refractivity contribution in [2.75, 3.05) is 46.3 Å². The van der Waals surface area contributed by atoms with Crippen LogP contribution in [0.3, 0.4) is 0 Å². The lowest BCUT2D eigenvalue weighted by atomic mass is 10.0.